The standard InChI is InChI=1S/C17H18F2N4O2/c18-11-3-4-13(12(19)8-11)23-9-10(7-14(23)24)15-21-16(22-25-15)17(20)5-1-2-6-17/h3-4,8,10H,1-2,5-7,9,20H2. The van der Waals surface area contributed by atoms with Crippen LogP contribution in [0.3, 0.4) is 0 Å². The maximum atomic E-state index is 14.0. The lowest BCUT2D eigenvalue weighted by Crippen LogP contribution is -2.34. The van der Waals surface area contributed by atoms with E-state index in [1.54, 1.807) is 0 Å². The molecule has 8 heteroatoms. The molecule has 4 rings (SSSR count). The number of halogens is 2. The van der Waals surface area contributed by atoms with Gasteiger partial charge in [0, 0.05) is 19.0 Å². The monoisotopic (exact) mass is 348 g/mol. The van der Waals surface area contributed by atoms with E-state index in [0.717, 1.165) is 37.8 Å². The third-order valence-electron chi connectivity index (χ3n) is 5.06. The van der Waals surface area contributed by atoms with Gasteiger partial charge in [0.25, 0.3) is 0 Å². The van der Waals surface area contributed by atoms with Crippen molar-refractivity contribution in [3.63, 3.8) is 0 Å². The molecule has 2 fully saturated rings. The molecule has 2 heterocycles. The summed E-state index contributed by atoms with van der Waals surface area (Å²) < 4.78 is 32.4. The highest BCUT2D eigenvalue weighted by atomic mass is 19.1. The first-order valence-electron chi connectivity index (χ1n) is 8.35. The summed E-state index contributed by atoms with van der Waals surface area (Å²) in [6, 6.07) is 3.15. The number of aromatic nitrogens is 2. The van der Waals surface area contributed by atoms with Crippen LogP contribution in [0.5, 0.6) is 0 Å². The van der Waals surface area contributed by atoms with E-state index in [-0.39, 0.29) is 30.5 Å². The van der Waals surface area contributed by atoms with Gasteiger partial charge in [0.1, 0.15) is 11.6 Å². The van der Waals surface area contributed by atoms with Crippen LogP contribution in [0.15, 0.2) is 22.7 Å². The molecule has 1 aliphatic heterocycles. The SMILES string of the molecule is NC1(c2noc(C3CC(=O)N(c4ccc(F)cc4F)C3)n2)CCCC1. The zero-order chi connectivity index (χ0) is 17.6. The Morgan fingerprint density at radius 1 is 1.28 bits per heavy atom. The molecule has 1 aromatic carbocycles. The predicted molar refractivity (Wildman–Crippen MR) is 84.7 cm³/mol. The first-order valence-corrected chi connectivity index (χ1v) is 8.35. The van der Waals surface area contributed by atoms with Crippen LogP contribution >= 0.6 is 0 Å². The van der Waals surface area contributed by atoms with Crippen LogP contribution in [0.2, 0.25) is 0 Å². The average molecular weight is 348 g/mol. The van der Waals surface area contributed by atoms with Gasteiger partial charge in [-0.25, -0.2) is 8.78 Å². The molecule has 1 saturated carbocycles. The molecule has 6 nitrogen and oxygen atoms in total. The zero-order valence-corrected chi connectivity index (χ0v) is 13.5. The fraction of sp³-hybridized carbons (Fsp3) is 0.471. The molecule has 1 atom stereocenters. The summed E-state index contributed by atoms with van der Waals surface area (Å²) in [6.07, 6.45) is 3.81. The number of rotatable bonds is 3. The third-order valence-corrected chi connectivity index (χ3v) is 5.06. The van der Waals surface area contributed by atoms with E-state index < -0.39 is 17.2 Å². The summed E-state index contributed by atoms with van der Waals surface area (Å²) in [7, 11) is 0. The Labute approximate surface area is 143 Å². The maximum absolute atomic E-state index is 14.0. The van der Waals surface area contributed by atoms with Crippen molar-refractivity contribution in [1.82, 2.24) is 10.1 Å². The summed E-state index contributed by atoms with van der Waals surface area (Å²) in [5.74, 6) is -1.24. The van der Waals surface area contributed by atoms with Gasteiger partial charge in [-0.05, 0) is 25.0 Å². The third kappa shape index (κ3) is 2.80. The largest absolute Gasteiger partial charge is 0.339 e. The smallest absolute Gasteiger partial charge is 0.232 e. The van der Waals surface area contributed by atoms with E-state index >= 15 is 0 Å². The van der Waals surface area contributed by atoms with Gasteiger partial charge in [-0.1, -0.05) is 18.0 Å². The molecule has 0 bridgehead atoms. The molecule has 1 unspecified atom stereocenters. The lowest BCUT2D eigenvalue weighted by molar-refractivity contribution is -0.117. The normalized spacial score (nSPS) is 22.8. The number of carbonyl (C=O) groups is 1. The van der Waals surface area contributed by atoms with Crippen LogP contribution in [-0.2, 0) is 10.3 Å². The van der Waals surface area contributed by atoms with Crippen LogP contribution in [0.4, 0.5) is 14.5 Å². The minimum absolute atomic E-state index is 0.0553. The Hall–Kier alpha value is -2.35. The first kappa shape index (κ1) is 16.1. The van der Waals surface area contributed by atoms with Gasteiger partial charge in [0.2, 0.25) is 11.8 Å². The Morgan fingerprint density at radius 2 is 2.04 bits per heavy atom. The van der Waals surface area contributed by atoms with Gasteiger partial charge in [0.05, 0.1) is 17.1 Å². The molecular weight excluding hydrogens is 330 g/mol. The molecule has 132 valence electrons. The lowest BCUT2D eigenvalue weighted by atomic mass is 9.98. The lowest BCUT2D eigenvalue weighted by Gasteiger charge is -2.18. The van der Waals surface area contributed by atoms with Crippen molar-refractivity contribution in [2.45, 2.75) is 43.6 Å². The molecule has 2 aromatic rings. The van der Waals surface area contributed by atoms with Crippen molar-refractivity contribution in [2.24, 2.45) is 5.73 Å². The Morgan fingerprint density at radius 3 is 2.76 bits per heavy atom. The second-order valence-electron chi connectivity index (χ2n) is 6.82. The number of hydrogen-bond acceptors (Lipinski definition) is 5. The van der Waals surface area contributed by atoms with E-state index in [1.807, 2.05) is 0 Å². The highest BCUT2D eigenvalue weighted by molar-refractivity contribution is 5.96. The molecule has 2 aliphatic rings. The van der Waals surface area contributed by atoms with E-state index in [2.05, 4.69) is 10.1 Å². The minimum Gasteiger partial charge on any atom is -0.339 e. The van der Waals surface area contributed by atoms with Crippen molar-refractivity contribution in [3.05, 3.63) is 41.5 Å². The predicted octanol–water partition coefficient (Wildman–Crippen LogP) is 2.60. The Bertz CT molecular complexity index is 817. The molecular formula is C17H18F2N4O2. The van der Waals surface area contributed by atoms with E-state index in [1.165, 1.54) is 11.0 Å². The Balaban J connectivity index is 1.55. The zero-order valence-electron chi connectivity index (χ0n) is 13.5. The maximum Gasteiger partial charge on any atom is 0.232 e. The number of hydrogen-bond donors (Lipinski definition) is 1. The van der Waals surface area contributed by atoms with Gasteiger partial charge >= 0.3 is 0 Å². The topological polar surface area (TPSA) is 85.2 Å². The summed E-state index contributed by atoms with van der Waals surface area (Å²) in [5, 5.41) is 4.00. The van der Waals surface area contributed by atoms with Gasteiger partial charge < -0.3 is 15.2 Å². The summed E-state index contributed by atoms with van der Waals surface area (Å²) in [5.41, 5.74) is 5.82. The van der Waals surface area contributed by atoms with Gasteiger partial charge in [0.15, 0.2) is 5.82 Å². The van der Waals surface area contributed by atoms with E-state index in [4.69, 9.17) is 10.3 Å². The molecule has 1 aliphatic carbocycles. The quantitative estimate of drug-likeness (QED) is 0.921. The van der Waals surface area contributed by atoms with Crippen molar-refractivity contribution in [3.8, 4) is 0 Å². The highest BCUT2D eigenvalue weighted by Gasteiger charge is 2.40. The van der Waals surface area contributed by atoms with Crippen molar-refractivity contribution < 1.29 is 18.1 Å². The number of carbonyl (C=O) groups excluding carboxylic acids is 1. The van der Waals surface area contributed by atoms with Crippen LogP contribution in [0, 0.1) is 11.6 Å². The first-order chi connectivity index (χ1) is 12.0. The summed E-state index contributed by atoms with van der Waals surface area (Å²) in [6.45, 7) is 0.209. The fourth-order valence-corrected chi connectivity index (χ4v) is 3.64. The van der Waals surface area contributed by atoms with E-state index in [9.17, 15) is 13.6 Å². The van der Waals surface area contributed by atoms with Crippen molar-refractivity contribution >= 4 is 11.6 Å². The van der Waals surface area contributed by atoms with Crippen molar-refractivity contribution in [1.29, 1.82) is 0 Å². The second-order valence-corrected chi connectivity index (χ2v) is 6.82. The van der Waals surface area contributed by atoms with Gasteiger partial charge in [-0.2, -0.15) is 4.98 Å². The van der Waals surface area contributed by atoms with Crippen molar-refractivity contribution in [2.75, 3.05) is 11.4 Å². The average Bonchev–Trinajstić information content (AvgIpc) is 3.27. The van der Waals surface area contributed by atoms with Crippen LogP contribution in [-0.4, -0.2) is 22.6 Å². The number of nitrogens with zero attached hydrogens (tertiary/aromatic N) is 3. The van der Waals surface area contributed by atoms with Gasteiger partial charge in [-0.15, -0.1) is 0 Å². The van der Waals surface area contributed by atoms with Gasteiger partial charge in [-0.3, -0.25) is 4.79 Å². The Kier molecular flexibility index (Phi) is 3.79. The summed E-state index contributed by atoms with van der Waals surface area (Å²) in [4.78, 5) is 18.0. The molecule has 0 spiro atoms. The molecule has 0 radical (unpaired) electrons. The minimum atomic E-state index is -0.771. The highest BCUT2D eigenvalue weighted by Crippen LogP contribution is 2.37. The fourth-order valence-electron chi connectivity index (χ4n) is 3.64. The molecule has 1 saturated heterocycles. The number of amides is 1. The molecule has 1 aromatic heterocycles. The summed E-state index contributed by atoms with van der Waals surface area (Å²) >= 11 is 0. The number of anilines is 1. The van der Waals surface area contributed by atoms with Crippen LogP contribution in [0.1, 0.15) is 49.7 Å². The van der Waals surface area contributed by atoms with E-state index in [0.29, 0.717) is 11.7 Å². The van der Waals surface area contributed by atoms with Crippen LogP contribution < -0.4 is 10.6 Å². The molecule has 25 heavy (non-hydrogen) atoms. The number of benzene rings is 1. The van der Waals surface area contributed by atoms with Crippen LogP contribution in [0.25, 0.3) is 0 Å². The molecule has 1 amide bonds. The molecule has 2 N–H and O–H groups in total. The number of nitrogens with two attached hydrogens (primary N) is 1. The second kappa shape index (κ2) is 5.87.